The van der Waals surface area contributed by atoms with E-state index >= 15 is 0 Å². The van der Waals surface area contributed by atoms with E-state index in [1.54, 1.807) is 30.3 Å². The number of Topliss-reactive ketones (excluding diaryl/α,β-unsaturated/α-hetero) is 2. The molecule has 6 heteroatoms. The molecule has 0 aromatic heterocycles. The first-order valence-corrected chi connectivity index (χ1v) is 9.45. The van der Waals surface area contributed by atoms with Crippen LogP contribution < -0.4 is 0 Å². The molecule has 6 nitrogen and oxygen atoms in total. The summed E-state index contributed by atoms with van der Waals surface area (Å²) in [4.78, 5) is 50.2. The Balaban J connectivity index is 2.33. The Morgan fingerprint density at radius 3 is 2.14 bits per heavy atom. The Labute approximate surface area is 168 Å². The van der Waals surface area contributed by atoms with Gasteiger partial charge in [-0.2, -0.15) is 0 Å². The van der Waals surface area contributed by atoms with Crippen molar-refractivity contribution in [2.75, 3.05) is 0 Å². The molecule has 3 rings (SSSR count). The standard InChI is InChI=1S/C23H22O6/c1-4-13(2)15-9-10-16(12-20(25)26)19(11-15)23(29-14(3)24)21(27)17-7-5-6-8-18(17)22(23)28/h5-11,13H,4,12H2,1-3H3,(H,25,26). The van der Waals surface area contributed by atoms with Crippen LogP contribution in [0.1, 0.15) is 70.5 Å². The number of hydrogen-bond donors (Lipinski definition) is 1. The quantitative estimate of drug-likeness (QED) is 0.593. The lowest BCUT2D eigenvalue weighted by molar-refractivity contribution is -0.149. The number of hydrogen-bond acceptors (Lipinski definition) is 5. The molecule has 1 aliphatic rings. The molecule has 0 spiro atoms. The number of ether oxygens (including phenoxy) is 1. The largest absolute Gasteiger partial charge is 0.481 e. The maximum Gasteiger partial charge on any atom is 0.307 e. The van der Waals surface area contributed by atoms with Gasteiger partial charge < -0.3 is 9.84 Å². The summed E-state index contributed by atoms with van der Waals surface area (Å²) in [5, 5.41) is 9.35. The van der Waals surface area contributed by atoms with Gasteiger partial charge >= 0.3 is 11.9 Å². The van der Waals surface area contributed by atoms with Gasteiger partial charge in [-0.15, -0.1) is 0 Å². The van der Waals surface area contributed by atoms with Crippen molar-refractivity contribution in [1.82, 2.24) is 0 Å². The van der Waals surface area contributed by atoms with Crippen molar-refractivity contribution in [1.29, 1.82) is 0 Å². The normalized spacial score (nSPS) is 15.7. The van der Waals surface area contributed by atoms with Crippen molar-refractivity contribution in [3.05, 3.63) is 70.3 Å². The summed E-state index contributed by atoms with van der Waals surface area (Å²) in [7, 11) is 0. The minimum absolute atomic E-state index is 0.107. The molecule has 2 aromatic rings. The molecule has 0 heterocycles. The molecule has 0 fully saturated rings. The average Bonchev–Trinajstić information content (AvgIpc) is 2.89. The van der Waals surface area contributed by atoms with Crippen LogP contribution in [0, 0.1) is 0 Å². The highest BCUT2D eigenvalue weighted by Gasteiger charge is 2.58. The van der Waals surface area contributed by atoms with Crippen molar-refractivity contribution >= 4 is 23.5 Å². The SMILES string of the molecule is CCC(C)c1ccc(CC(=O)O)c(C2(OC(C)=O)C(=O)c3ccccc3C2=O)c1. The van der Waals surface area contributed by atoms with Crippen molar-refractivity contribution < 1.29 is 29.0 Å². The van der Waals surface area contributed by atoms with Crippen LogP contribution in [0.15, 0.2) is 42.5 Å². The number of ketones is 2. The van der Waals surface area contributed by atoms with Gasteiger partial charge in [0.2, 0.25) is 11.6 Å². The van der Waals surface area contributed by atoms with Crippen LogP contribution in [-0.2, 0) is 26.3 Å². The Bertz CT molecular complexity index is 985. The highest BCUT2D eigenvalue weighted by atomic mass is 16.6. The number of benzene rings is 2. The molecule has 0 amide bonds. The van der Waals surface area contributed by atoms with Crippen LogP contribution in [0.3, 0.4) is 0 Å². The van der Waals surface area contributed by atoms with Gasteiger partial charge in [-0.25, -0.2) is 0 Å². The van der Waals surface area contributed by atoms with Crippen LogP contribution in [-0.4, -0.2) is 28.6 Å². The Morgan fingerprint density at radius 1 is 1.07 bits per heavy atom. The fourth-order valence-corrected chi connectivity index (χ4v) is 3.75. The van der Waals surface area contributed by atoms with E-state index in [9.17, 15) is 24.3 Å². The lowest BCUT2D eigenvalue weighted by Gasteiger charge is -2.29. The Hall–Kier alpha value is -3.28. The minimum Gasteiger partial charge on any atom is -0.481 e. The number of rotatable bonds is 6. The van der Waals surface area contributed by atoms with Gasteiger partial charge in [0.1, 0.15) is 0 Å². The number of aliphatic carboxylic acids is 1. The second-order valence-corrected chi connectivity index (χ2v) is 7.28. The van der Waals surface area contributed by atoms with Gasteiger partial charge in [0.15, 0.2) is 0 Å². The second-order valence-electron chi connectivity index (χ2n) is 7.28. The molecule has 0 bridgehead atoms. The molecule has 0 aliphatic heterocycles. The highest BCUT2D eigenvalue weighted by molar-refractivity contribution is 6.32. The van der Waals surface area contributed by atoms with Crippen molar-refractivity contribution in [3.8, 4) is 0 Å². The zero-order valence-electron chi connectivity index (χ0n) is 16.5. The van der Waals surface area contributed by atoms with E-state index in [1.807, 2.05) is 13.8 Å². The van der Waals surface area contributed by atoms with Gasteiger partial charge in [-0.1, -0.05) is 56.3 Å². The summed E-state index contributed by atoms with van der Waals surface area (Å²) in [5.74, 6) is -3.11. The molecule has 1 atom stereocenters. The molecule has 0 saturated carbocycles. The zero-order chi connectivity index (χ0) is 21.3. The number of carboxylic acids is 1. The van der Waals surface area contributed by atoms with Crippen LogP contribution in [0.2, 0.25) is 0 Å². The molecule has 150 valence electrons. The molecule has 29 heavy (non-hydrogen) atoms. The van der Waals surface area contributed by atoms with Crippen LogP contribution in [0.5, 0.6) is 0 Å². The maximum absolute atomic E-state index is 13.4. The van der Waals surface area contributed by atoms with E-state index in [-0.39, 0.29) is 28.2 Å². The molecular weight excluding hydrogens is 372 g/mol. The number of esters is 1. The lowest BCUT2D eigenvalue weighted by Crippen LogP contribution is -2.43. The van der Waals surface area contributed by atoms with E-state index in [0.29, 0.717) is 0 Å². The highest BCUT2D eigenvalue weighted by Crippen LogP contribution is 2.43. The third-order valence-corrected chi connectivity index (χ3v) is 5.39. The van der Waals surface area contributed by atoms with Crippen molar-refractivity contribution in [2.24, 2.45) is 0 Å². The first-order chi connectivity index (χ1) is 13.7. The van der Waals surface area contributed by atoms with Crippen LogP contribution in [0.4, 0.5) is 0 Å². The molecular formula is C23H22O6. The van der Waals surface area contributed by atoms with Gasteiger partial charge in [0, 0.05) is 23.6 Å². The summed E-state index contributed by atoms with van der Waals surface area (Å²) in [5.41, 5.74) is -0.661. The molecule has 1 N–H and O–H groups in total. The van der Waals surface area contributed by atoms with E-state index in [0.717, 1.165) is 18.9 Å². The van der Waals surface area contributed by atoms with Crippen molar-refractivity contribution in [2.45, 2.75) is 45.1 Å². The van der Waals surface area contributed by atoms with Gasteiger partial charge in [-0.3, -0.25) is 19.2 Å². The molecule has 2 aromatic carbocycles. The maximum atomic E-state index is 13.4. The number of carbonyl (C=O) groups excluding carboxylic acids is 3. The van der Waals surface area contributed by atoms with E-state index in [4.69, 9.17) is 4.74 Å². The topological polar surface area (TPSA) is 97.7 Å². The third-order valence-electron chi connectivity index (χ3n) is 5.39. The fraction of sp³-hybridized carbons (Fsp3) is 0.304. The fourth-order valence-electron chi connectivity index (χ4n) is 3.75. The Morgan fingerprint density at radius 2 is 1.66 bits per heavy atom. The predicted octanol–water partition coefficient (Wildman–Crippen LogP) is 3.66. The number of carbonyl (C=O) groups is 4. The van der Waals surface area contributed by atoms with E-state index in [1.165, 1.54) is 12.1 Å². The van der Waals surface area contributed by atoms with E-state index in [2.05, 4.69) is 0 Å². The van der Waals surface area contributed by atoms with Gasteiger partial charge in [0.05, 0.1) is 6.42 Å². The number of carboxylic acid groups (broad SMARTS) is 1. The summed E-state index contributed by atoms with van der Waals surface area (Å²) >= 11 is 0. The predicted molar refractivity (Wildman–Crippen MR) is 105 cm³/mol. The van der Waals surface area contributed by atoms with Gasteiger partial charge in [-0.05, 0) is 23.5 Å². The minimum atomic E-state index is -2.20. The third kappa shape index (κ3) is 3.35. The smallest absolute Gasteiger partial charge is 0.307 e. The van der Waals surface area contributed by atoms with Crippen LogP contribution >= 0.6 is 0 Å². The zero-order valence-corrected chi connectivity index (χ0v) is 16.5. The second kappa shape index (κ2) is 7.62. The molecule has 1 aliphatic carbocycles. The summed E-state index contributed by atoms with van der Waals surface area (Å²) < 4.78 is 5.45. The summed E-state index contributed by atoms with van der Waals surface area (Å²) in [6.45, 7) is 5.11. The summed E-state index contributed by atoms with van der Waals surface area (Å²) in [6, 6.07) is 11.3. The van der Waals surface area contributed by atoms with Gasteiger partial charge in [0.25, 0.3) is 5.60 Å². The lowest BCUT2D eigenvalue weighted by atomic mass is 9.81. The van der Waals surface area contributed by atoms with E-state index < -0.39 is 35.5 Å². The van der Waals surface area contributed by atoms with Crippen molar-refractivity contribution in [3.63, 3.8) is 0 Å². The first kappa shape index (κ1) is 20.5. The monoisotopic (exact) mass is 394 g/mol. The molecule has 0 radical (unpaired) electrons. The Kier molecular flexibility index (Phi) is 5.38. The summed E-state index contributed by atoms with van der Waals surface area (Å²) in [6.07, 6.45) is 0.399. The average molecular weight is 394 g/mol. The van der Waals surface area contributed by atoms with Crippen LogP contribution in [0.25, 0.3) is 0 Å². The first-order valence-electron chi connectivity index (χ1n) is 9.45. The molecule has 0 saturated heterocycles. The molecule has 1 unspecified atom stereocenters. The number of fused-ring (bicyclic) bond motifs is 1.